The quantitative estimate of drug-likeness (QED) is 0.685. The van der Waals surface area contributed by atoms with Crippen molar-refractivity contribution in [2.45, 2.75) is 33.5 Å². The van der Waals surface area contributed by atoms with Gasteiger partial charge in [-0.2, -0.15) is 13.2 Å². The van der Waals surface area contributed by atoms with Crippen LogP contribution in [0.15, 0.2) is 30.3 Å². The second-order valence-corrected chi connectivity index (χ2v) is 6.38. The first-order valence-electron chi connectivity index (χ1n) is 8.99. The fraction of sp³-hybridized carbons (Fsp3) is 0.350. The first-order valence-corrected chi connectivity index (χ1v) is 8.99. The Bertz CT molecular complexity index is 950. The minimum absolute atomic E-state index is 0.0675. The van der Waals surface area contributed by atoms with Crippen molar-refractivity contribution in [3.63, 3.8) is 0 Å². The lowest BCUT2D eigenvalue weighted by molar-refractivity contribution is -0.147. The number of carbonyl (C=O) groups excluding carboxylic acids is 3. The molecule has 0 saturated heterocycles. The SMILES string of the molecule is CCOC(=O)c1cc(C)n(CC(=O)OCC(=O)Nc2cccc(C(F)(F)F)c2)c1C. The third-order valence-corrected chi connectivity index (χ3v) is 4.19. The van der Waals surface area contributed by atoms with Gasteiger partial charge in [-0.05, 0) is 45.0 Å². The zero-order valence-electron chi connectivity index (χ0n) is 16.6. The highest BCUT2D eigenvalue weighted by Crippen LogP contribution is 2.30. The summed E-state index contributed by atoms with van der Waals surface area (Å²) in [5.74, 6) is -2.03. The number of rotatable bonds is 7. The smallest absolute Gasteiger partial charge is 0.416 e. The number of anilines is 1. The molecule has 162 valence electrons. The van der Waals surface area contributed by atoms with Gasteiger partial charge in [0.25, 0.3) is 5.91 Å². The van der Waals surface area contributed by atoms with Crippen LogP contribution in [-0.2, 0) is 31.8 Å². The van der Waals surface area contributed by atoms with Gasteiger partial charge in [0.2, 0.25) is 0 Å². The molecule has 1 heterocycles. The maximum atomic E-state index is 12.7. The van der Waals surface area contributed by atoms with Gasteiger partial charge in [0.05, 0.1) is 17.7 Å². The van der Waals surface area contributed by atoms with Gasteiger partial charge in [0.15, 0.2) is 6.61 Å². The van der Waals surface area contributed by atoms with E-state index in [-0.39, 0.29) is 18.8 Å². The molecule has 7 nitrogen and oxygen atoms in total. The second-order valence-electron chi connectivity index (χ2n) is 6.38. The summed E-state index contributed by atoms with van der Waals surface area (Å²) in [4.78, 5) is 35.9. The summed E-state index contributed by atoms with van der Waals surface area (Å²) < 4.78 is 49.5. The number of hydrogen-bond acceptors (Lipinski definition) is 5. The average molecular weight is 426 g/mol. The monoisotopic (exact) mass is 426 g/mol. The predicted molar refractivity (Wildman–Crippen MR) is 101 cm³/mol. The molecule has 0 bridgehead atoms. The number of nitrogens with one attached hydrogen (secondary N) is 1. The van der Waals surface area contributed by atoms with Gasteiger partial charge in [-0.1, -0.05) is 6.07 Å². The van der Waals surface area contributed by atoms with Crippen LogP contribution < -0.4 is 5.32 Å². The van der Waals surface area contributed by atoms with Crippen molar-refractivity contribution in [1.82, 2.24) is 4.57 Å². The van der Waals surface area contributed by atoms with Crippen LogP contribution in [0, 0.1) is 13.8 Å². The Morgan fingerprint density at radius 1 is 1.10 bits per heavy atom. The first kappa shape index (κ1) is 23.0. The molecule has 2 aromatic rings. The zero-order valence-corrected chi connectivity index (χ0v) is 16.6. The third kappa shape index (κ3) is 5.85. The third-order valence-electron chi connectivity index (χ3n) is 4.19. The Kier molecular flexibility index (Phi) is 7.25. The molecule has 0 aliphatic heterocycles. The molecule has 10 heteroatoms. The summed E-state index contributed by atoms with van der Waals surface area (Å²) in [6, 6.07) is 5.69. The molecule has 1 aromatic heterocycles. The lowest BCUT2D eigenvalue weighted by atomic mass is 10.2. The van der Waals surface area contributed by atoms with Crippen molar-refractivity contribution >= 4 is 23.5 Å². The van der Waals surface area contributed by atoms with Crippen molar-refractivity contribution in [1.29, 1.82) is 0 Å². The normalized spacial score (nSPS) is 11.1. The predicted octanol–water partition coefficient (Wildman–Crippen LogP) is 3.48. The summed E-state index contributed by atoms with van der Waals surface area (Å²) in [5.41, 5.74) is 0.483. The number of halogens is 3. The molecule has 1 N–H and O–H groups in total. The number of esters is 2. The fourth-order valence-corrected chi connectivity index (χ4v) is 2.75. The van der Waals surface area contributed by atoms with Crippen LogP contribution >= 0.6 is 0 Å². The summed E-state index contributed by atoms with van der Waals surface area (Å²) in [5, 5.41) is 2.25. The Morgan fingerprint density at radius 2 is 1.80 bits per heavy atom. The molecule has 30 heavy (non-hydrogen) atoms. The fourth-order valence-electron chi connectivity index (χ4n) is 2.75. The van der Waals surface area contributed by atoms with E-state index in [0.717, 1.165) is 18.2 Å². The Balaban J connectivity index is 1.94. The molecule has 0 saturated carbocycles. The number of aryl methyl sites for hydroxylation is 1. The number of amides is 1. The molecule has 0 aliphatic rings. The Morgan fingerprint density at radius 3 is 2.43 bits per heavy atom. The van der Waals surface area contributed by atoms with E-state index in [1.807, 2.05) is 0 Å². The van der Waals surface area contributed by atoms with Crippen molar-refractivity contribution in [3.8, 4) is 0 Å². The highest BCUT2D eigenvalue weighted by Gasteiger charge is 2.30. The molecule has 1 amide bonds. The molecule has 0 fully saturated rings. The van der Waals surface area contributed by atoms with E-state index in [1.54, 1.807) is 31.4 Å². The van der Waals surface area contributed by atoms with Crippen LogP contribution in [0.4, 0.5) is 18.9 Å². The molecule has 0 spiro atoms. The molecule has 0 unspecified atom stereocenters. The minimum atomic E-state index is -4.54. The maximum absolute atomic E-state index is 12.7. The zero-order chi connectivity index (χ0) is 22.5. The number of carbonyl (C=O) groups is 3. The van der Waals surface area contributed by atoms with Crippen LogP contribution in [0.2, 0.25) is 0 Å². The summed E-state index contributed by atoms with van der Waals surface area (Å²) in [6.45, 7) is 4.33. The minimum Gasteiger partial charge on any atom is -0.462 e. The van der Waals surface area contributed by atoms with E-state index < -0.39 is 36.2 Å². The summed E-state index contributed by atoms with van der Waals surface area (Å²) in [6.07, 6.45) is -4.54. The van der Waals surface area contributed by atoms with E-state index in [0.29, 0.717) is 17.0 Å². The van der Waals surface area contributed by atoms with Crippen LogP contribution in [0.1, 0.15) is 34.2 Å². The van der Waals surface area contributed by atoms with Gasteiger partial charge in [-0.15, -0.1) is 0 Å². The van der Waals surface area contributed by atoms with Crippen molar-refractivity contribution in [2.24, 2.45) is 0 Å². The van der Waals surface area contributed by atoms with E-state index in [1.165, 1.54) is 6.07 Å². The van der Waals surface area contributed by atoms with Gasteiger partial charge in [-0.3, -0.25) is 9.59 Å². The van der Waals surface area contributed by atoms with Crippen molar-refractivity contribution < 1.29 is 37.0 Å². The lowest BCUT2D eigenvalue weighted by Gasteiger charge is -2.11. The molecule has 2 rings (SSSR count). The average Bonchev–Trinajstić information content (AvgIpc) is 2.94. The van der Waals surface area contributed by atoms with Crippen molar-refractivity contribution in [3.05, 3.63) is 52.8 Å². The molecular formula is C20H21F3N2O5. The molecule has 1 aromatic carbocycles. The van der Waals surface area contributed by atoms with Gasteiger partial charge < -0.3 is 19.4 Å². The highest BCUT2D eigenvalue weighted by molar-refractivity contribution is 5.93. The number of nitrogens with zero attached hydrogens (tertiary/aromatic N) is 1. The summed E-state index contributed by atoms with van der Waals surface area (Å²) >= 11 is 0. The number of benzene rings is 1. The lowest BCUT2D eigenvalue weighted by Crippen LogP contribution is -2.23. The van der Waals surface area contributed by atoms with Gasteiger partial charge >= 0.3 is 18.1 Å². The number of ether oxygens (including phenoxy) is 2. The van der Waals surface area contributed by atoms with Gasteiger partial charge in [0, 0.05) is 17.1 Å². The van der Waals surface area contributed by atoms with Crippen LogP contribution in [0.3, 0.4) is 0 Å². The number of alkyl halides is 3. The second kappa shape index (κ2) is 9.47. The summed E-state index contributed by atoms with van der Waals surface area (Å²) in [7, 11) is 0. The first-order chi connectivity index (χ1) is 14.0. The largest absolute Gasteiger partial charge is 0.462 e. The molecule has 0 atom stereocenters. The maximum Gasteiger partial charge on any atom is 0.416 e. The number of hydrogen-bond donors (Lipinski definition) is 1. The topological polar surface area (TPSA) is 86.6 Å². The molecule has 0 radical (unpaired) electrons. The van der Waals surface area contributed by atoms with E-state index in [9.17, 15) is 27.6 Å². The number of aromatic nitrogens is 1. The van der Waals surface area contributed by atoms with Gasteiger partial charge in [0.1, 0.15) is 6.54 Å². The van der Waals surface area contributed by atoms with Crippen LogP contribution in [-0.4, -0.2) is 35.6 Å². The van der Waals surface area contributed by atoms with Crippen molar-refractivity contribution in [2.75, 3.05) is 18.5 Å². The van der Waals surface area contributed by atoms with Crippen LogP contribution in [0.25, 0.3) is 0 Å². The van der Waals surface area contributed by atoms with E-state index >= 15 is 0 Å². The highest BCUT2D eigenvalue weighted by atomic mass is 19.4. The standard InChI is InChI=1S/C20H21F3N2O5/c1-4-29-19(28)16-8-12(2)25(13(16)3)10-18(27)30-11-17(26)24-15-7-5-6-14(9-15)20(21,22)23/h5-9H,4,10-11H2,1-3H3,(H,24,26). The molecular weight excluding hydrogens is 405 g/mol. The van der Waals surface area contributed by atoms with Crippen LogP contribution in [0.5, 0.6) is 0 Å². The van der Waals surface area contributed by atoms with E-state index in [2.05, 4.69) is 5.32 Å². The Labute approximate surface area is 170 Å². The Hall–Kier alpha value is -3.30. The molecule has 0 aliphatic carbocycles. The van der Waals surface area contributed by atoms with Gasteiger partial charge in [-0.25, -0.2) is 4.79 Å². The van der Waals surface area contributed by atoms with E-state index in [4.69, 9.17) is 9.47 Å².